The molecule has 0 spiro atoms. The maximum atomic E-state index is 10.3. The van der Waals surface area contributed by atoms with Crippen LogP contribution in [0.15, 0.2) is 12.3 Å². The van der Waals surface area contributed by atoms with Gasteiger partial charge in [-0.3, -0.25) is 4.68 Å². The minimum atomic E-state index is -0.299. The van der Waals surface area contributed by atoms with E-state index in [-0.39, 0.29) is 11.5 Å². The van der Waals surface area contributed by atoms with Crippen molar-refractivity contribution in [1.29, 1.82) is 0 Å². The molecule has 19 heavy (non-hydrogen) atoms. The molecule has 0 radical (unpaired) electrons. The highest BCUT2D eigenvalue weighted by Crippen LogP contribution is 2.41. The highest BCUT2D eigenvalue weighted by atomic mass is 16.3. The van der Waals surface area contributed by atoms with Gasteiger partial charge in [-0.25, -0.2) is 0 Å². The van der Waals surface area contributed by atoms with Gasteiger partial charge in [-0.15, -0.1) is 0 Å². The molecule has 1 aliphatic heterocycles. The van der Waals surface area contributed by atoms with Crippen LogP contribution >= 0.6 is 0 Å². The Hall–Kier alpha value is -1.00. The molecule has 3 rings (SSSR count). The summed E-state index contributed by atoms with van der Waals surface area (Å²) in [7, 11) is 2.18. The number of fused-ring (bicyclic) bond motifs is 1. The van der Waals surface area contributed by atoms with Crippen molar-refractivity contribution in [2.24, 2.45) is 5.41 Å². The van der Waals surface area contributed by atoms with Crippen LogP contribution in [-0.4, -0.2) is 47.9 Å². The standard InChI is InChI=1S/C15H25N3O/c1-15(2)10-13-12(14(19)11-15)4-5-18(13)17-8-6-16(3)7-9-17/h4-5,14,19H,6-11H2,1-3H3. The minimum absolute atomic E-state index is 0.190. The second-order valence-electron chi connectivity index (χ2n) is 6.88. The zero-order chi connectivity index (χ0) is 13.6. The van der Waals surface area contributed by atoms with Crippen LogP contribution in [0, 0.1) is 5.41 Å². The van der Waals surface area contributed by atoms with Gasteiger partial charge in [0.25, 0.3) is 0 Å². The molecule has 1 aliphatic carbocycles. The lowest BCUT2D eigenvalue weighted by atomic mass is 9.75. The summed E-state index contributed by atoms with van der Waals surface area (Å²) >= 11 is 0. The summed E-state index contributed by atoms with van der Waals surface area (Å²) in [6.07, 6.45) is 3.76. The van der Waals surface area contributed by atoms with E-state index in [9.17, 15) is 5.11 Å². The molecule has 1 aromatic heterocycles. The first kappa shape index (κ1) is 13.0. The molecule has 0 saturated carbocycles. The molecular weight excluding hydrogens is 238 g/mol. The number of aliphatic hydroxyl groups excluding tert-OH is 1. The van der Waals surface area contributed by atoms with Gasteiger partial charge in [-0.2, -0.15) is 0 Å². The summed E-state index contributed by atoms with van der Waals surface area (Å²) in [5.74, 6) is 0. The van der Waals surface area contributed by atoms with Crippen LogP contribution in [0.25, 0.3) is 0 Å². The Labute approximate surface area is 115 Å². The number of aromatic nitrogens is 1. The second kappa shape index (κ2) is 4.53. The van der Waals surface area contributed by atoms with Crippen molar-refractivity contribution < 1.29 is 5.11 Å². The molecule has 0 amide bonds. The van der Waals surface area contributed by atoms with Crippen LogP contribution in [0.5, 0.6) is 0 Å². The number of rotatable bonds is 1. The van der Waals surface area contributed by atoms with Crippen molar-refractivity contribution in [3.05, 3.63) is 23.5 Å². The maximum Gasteiger partial charge on any atom is 0.0813 e. The Morgan fingerprint density at radius 1 is 1.21 bits per heavy atom. The summed E-state index contributed by atoms with van der Waals surface area (Å²) in [5, 5.41) is 12.7. The molecule has 0 aromatic carbocycles. The predicted molar refractivity (Wildman–Crippen MR) is 76.9 cm³/mol. The van der Waals surface area contributed by atoms with Crippen molar-refractivity contribution >= 4 is 0 Å². The first-order valence-corrected chi connectivity index (χ1v) is 7.28. The number of likely N-dealkylation sites (N-methyl/N-ethyl adjacent to an activating group) is 1. The van der Waals surface area contributed by atoms with Gasteiger partial charge >= 0.3 is 0 Å². The highest BCUT2D eigenvalue weighted by Gasteiger charge is 2.34. The van der Waals surface area contributed by atoms with E-state index in [2.05, 4.69) is 47.7 Å². The second-order valence-corrected chi connectivity index (χ2v) is 6.88. The zero-order valence-corrected chi connectivity index (χ0v) is 12.3. The number of piperazine rings is 1. The normalized spacial score (nSPS) is 27.4. The smallest absolute Gasteiger partial charge is 0.0813 e. The Kier molecular flexibility index (Phi) is 3.10. The lowest BCUT2D eigenvalue weighted by Gasteiger charge is -2.39. The lowest BCUT2D eigenvalue weighted by molar-refractivity contribution is 0.0976. The van der Waals surface area contributed by atoms with E-state index in [0.29, 0.717) is 0 Å². The van der Waals surface area contributed by atoms with E-state index in [4.69, 9.17) is 0 Å². The third kappa shape index (κ3) is 2.39. The third-order valence-electron chi connectivity index (χ3n) is 4.54. The Bertz CT molecular complexity index is 458. The molecule has 2 heterocycles. The van der Waals surface area contributed by atoms with Gasteiger partial charge in [0.1, 0.15) is 0 Å². The Morgan fingerprint density at radius 3 is 2.58 bits per heavy atom. The van der Waals surface area contributed by atoms with Crippen LogP contribution in [0.4, 0.5) is 0 Å². The van der Waals surface area contributed by atoms with Gasteiger partial charge in [0.05, 0.1) is 6.10 Å². The number of hydrogen-bond donors (Lipinski definition) is 1. The summed E-state index contributed by atoms with van der Waals surface area (Å²) in [5.41, 5.74) is 2.64. The SMILES string of the molecule is CN1CCN(n2ccc3c2CC(C)(C)CC3O)CC1. The van der Waals surface area contributed by atoms with Gasteiger partial charge in [0.15, 0.2) is 0 Å². The molecule has 2 aliphatic rings. The largest absolute Gasteiger partial charge is 0.388 e. The first-order valence-electron chi connectivity index (χ1n) is 7.28. The molecule has 1 saturated heterocycles. The van der Waals surface area contributed by atoms with E-state index in [1.165, 1.54) is 5.69 Å². The molecule has 1 fully saturated rings. The minimum Gasteiger partial charge on any atom is -0.388 e. The Morgan fingerprint density at radius 2 is 1.89 bits per heavy atom. The molecule has 4 nitrogen and oxygen atoms in total. The van der Waals surface area contributed by atoms with Gasteiger partial charge in [0.2, 0.25) is 0 Å². The van der Waals surface area contributed by atoms with E-state index in [0.717, 1.165) is 44.6 Å². The first-order chi connectivity index (χ1) is 8.96. The molecule has 1 atom stereocenters. The highest BCUT2D eigenvalue weighted by molar-refractivity contribution is 5.30. The topological polar surface area (TPSA) is 31.6 Å². The van der Waals surface area contributed by atoms with Gasteiger partial charge in [-0.1, -0.05) is 13.8 Å². The summed E-state index contributed by atoms with van der Waals surface area (Å²) < 4.78 is 2.30. The fourth-order valence-corrected chi connectivity index (χ4v) is 3.39. The van der Waals surface area contributed by atoms with E-state index in [1.807, 2.05) is 0 Å². The maximum absolute atomic E-state index is 10.3. The number of hydrogen-bond acceptors (Lipinski definition) is 3. The summed E-state index contributed by atoms with van der Waals surface area (Å²) in [4.78, 5) is 2.37. The zero-order valence-electron chi connectivity index (χ0n) is 12.3. The fourth-order valence-electron chi connectivity index (χ4n) is 3.39. The molecule has 1 unspecified atom stereocenters. The van der Waals surface area contributed by atoms with Crippen molar-refractivity contribution in [2.75, 3.05) is 38.2 Å². The van der Waals surface area contributed by atoms with Gasteiger partial charge in [0, 0.05) is 43.6 Å². The molecular formula is C15H25N3O. The van der Waals surface area contributed by atoms with Crippen molar-refractivity contribution in [3.63, 3.8) is 0 Å². The molecule has 0 bridgehead atoms. The predicted octanol–water partition coefficient (Wildman–Crippen LogP) is 1.38. The van der Waals surface area contributed by atoms with Crippen molar-refractivity contribution in [1.82, 2.24) is 9.58 Å². The van der Waals surface area contributed by atoms with E-state index < -0.39 is 0 Å². The van der Waals surface area contributed by atoms with Gasteiger partial charge < -0.3 is 15.0 Å². The fraction of sp³-hybridized carbons (Fsp3) is 0.733. The average molecular weight is 263 g/mol. The number of nitrogens with zero attached hydrogens (tertiary/aromatic N) is 3. The van der Waals surface area contributed by atoms with Crippen molar-refractivity contribution in [3.8, 4) is 0 Å². The average Bonchev–Trinajstić information content (AvgIpc) is 2.72. The molecule has 1 aromatic rings. The van der Waals surface area contributed by atoms with Crippen molar-refractivity contribution in [2.45, 2.75) is 32.8 Å². The number of aliphatic hydroxyl groups is 1. The monoisotopic (exact) mass is 263 g/mol. The van der Waals surface area contributed by atoms with Crippen LogP contribution in [0.1, 0.15) is 37.6 Å². The van der Waals surface area contributed by atoms with E-state index >= 15 is 0 Å². The van der Waals surface area contributed by atoms with Crippen LogP contribution in [0.2, 0.25) is 0 Å². The quantitative estimate of drug-likeness (QED) is 0.830. The third-order valence-corrected chi connectivity index (χ3v) is 4.54. The van der Waals surface area contributed by atoms with E-state index in [1.54, 1.807) is 0 Å². The van der Waals surface area contributed by atoms with Crippen LogP contribution < -0.4 is 5.01 Å². The summed E-state index contributed by atoms with van der Waals surface area (Å²) in [6.45, 7) is 8.85. The molecule has 106 valence electrons. The van der Waals surface area contributed by atoms with Gasteiger partial charge in [-0.05, 0) is 31.4 Å². The Balaban J connectivity index is 1.88. The summed E-state index contributed by atoms with van der Waals surface area (Å²) in [6, 6.07) is 2.10. The lowest BCUT2D eigenvalue weighted by Crippen LogP contribution is -2.50. The molecule has 4 heteroatoms. The van der Waals surface area contributed by atoms with Crippen LogP contribution in [0.3, 0.4) is 0 Å². The molecule has 1 N–H and O–H groups in total. The van der Waals surface area contributed by atoms with Crippen LogP contribution in [-0.2, 0) is 6.42 Å².